The highest BCUT2D eigenvalue weighted by Crippen LogP contribution is 2.26. The van der Waals surface area contributed by atoms with Gasteiger partial charge in [-0.15, -0.1) is 0 Å². The van der Waals surface area contributed by atoms with Gasteiger partial charge in [-0.3, -0.25) is 4.79 Å². The summed E-state index contributed by atoms with van der Waals surface area (Å²) >= 11 is 0. The van der Waals surface area contributed by atoms with Crippen molar-refractivity contribution in [2.24, 2.45) is 10.8 Å². The molecule has 0 unspecified atom stereocenters. The number of ether oxygens (including phenoxy) is 3. The lowest BCUT2D eigenvalue weighted by atomic mass is 9.93. The van der Waals surface area contributed by atoms with Crippen LogP contribution in [-0.4, -0.2) is 48.0 Å². The van der Waals surface area contributed by atoms with Gasteiger partial charge in [0.2, 0.25) is 5.91 Å². The molecule has 1 amide bonds. The highest BCUT2D eigenvalue weighted by molar-refractivity contribution is 6.03. The fourth-order valence-corrected chi connectivity index (χ4v) is 3.33. The van der Waals surface area contributed by atoms with E-state index in [1.807, 2.05) is 20.8 Å². The number of hydrogen-bond donors (Lipinski definition) is 1. The van der Waals surface area contributed by atoms with E-state index in [0.29, 0.717) is 36.0 Å². The Labute approximate surface area is 221 Å². The molecule has 0 saturated heterocycles. The van der Waals surface area contributed by atoms with Crippen molar-refractivity contribution in [2.45, 2.75) is 87.2 Å². The Balaban J connectivity index is 2.30. The third kappa shape index (κ3) is 10.6. The van der Waals surface area contributed by atoms with E-state index < -0.39 is 12.1 Å². The molecule has 8 heteroatoms. The Morgan fingerprint density at radius 2 is 1.41 bits per heavy atom. The van der Waals surface area contributed by atoms with Crippen LogP contribution >= 0.6 is 0 Å². The minimum absolute atomic E-state index is 0.00387. The molecule has 0 radical (unpaired) electrons. The maximum atomic E-state index is 13.2. The summed E-state index contributed by atoms with van der Waals surface area (Å²) in [5.41, 5.74) is 0.707. The summed E-state index contributed by atoms with van der Waals surface area (Å²) in [4.78, 5) is 38.6. The van der Waals surface area contributed by atoms with Crippen molar-refractivity contribution in [3.63, 3.8) is 0 Å². The van der Waals surface area contributed by atoms with Crippen LogP contribution in [0.3, 0.4) is 0 Å². The van der Waals surface area contributed by atoms with Gasteiger partial charge < -0.3 is 19.5 Å². The molecule has 206 valence electrons. The molecule has 0 aliphatic carbocycles. The average molecular weight is 517 g/mol. The first kappa shape index (κ1) is 30.4. The molecule has 0 saturated carbocycles. The first-order valence-electron chi connectivity index (χ1n) is 12.9. The number of nitrogens with one attached hydrogen (secondary N) is 1. The number of aromatic nitrogens is 1. The summed E-state index contributed by atoms with van der Waals surface area (Å²) in [6.45, 7) is 18.9. The van der Waals surface area contributed by atoms with Gasteiger partial charge in [0.15, 0.2) is 0 Å². The zero-order chi connectivity index (χ0) is 28.0. The lowest BCUT2D eigenvalue weighted by Crippen LogP contribution is -2.23. The van der Waals surface area contributed by atoms with Crippen LogP contribution in [0.1, 0.15) is 92.1 Å². The Morgan fingerprint density at radius 3 is 1.97 bits per heavy atom. The van der Waals surface area contributed by atoms with Crippen molar-refractivity contribution in [3.8, 4) is 0 Å². The molecule has 1 heterocycles. The minimum Gasteiger partial charge on any atom is -0.461 e. The van der Waals surface area contributed by atoms with Gasteiger partial charge in [-0.2, -0.15) is 0 Å². The third-order valence-electron chi connectivity index (χ3n) is 5.51. The van der Waals surface area contributed by atoms with E-state index in [1.165, 1.54) is 4.57 Å². The number of carbonyl (C=O) groups excluding carboxylic acids is 3. The molecule has 0 fully saturated rings. The van der Waals surface area contributed by atoms with Crippen LogP contribution in [0.5, 0.6) is 0 Å². The minimum atomic E-state index is -0.663. The second kappa shape index (κ2) is 12.1. The van der Waals surface area contributed by atoms with E-state index in [2.05, 4.69) is 46.9 Å². The average Bonchev–Trinajstić information content (AvgIpc) is 3.09. The molecule has 2 rings (SSSR count). The number of hydrogen-bond acceptors (Lipinski definition) is 6. The molecule has 1 aromatic heterocycles. The molecule has 1 aromatic carbocycles. The standard InChI is InChI=1S/C29H44N2O6/c1-27(2,3)13-16-35-25(33)23-18-20-10-11-21(30-24(32)12-15-37-29(7,8)9)19-22(20)31(23)26(34)36-17-14-28(4,5)6/h10-11,18-19H,12-17H2,1-9H3,(H,30,32). The van der Waals surface area contributed by atoms with E-state index in [0.717, 1.165) is 0 Å². The maximum Gasteiger partial charge on any atom is 0.419 e. The van der Waals surface area contributed by atoms with Crippen LogP contribution in [0.25, 0.3) is 10.9 Å². The molecule has 37 heavy (non-hydrogen) atoms. The summed E-state index contributed by atoms with van der Waals surface area (Å²) in [5.74, 6) is -0.811. The number of fused-ring (bicyclic) bond motifs is 1. The van der Waals surface area contributed by atoms with Gasteiger partial charge in [0.1, 0.15) is 5.69 Å². The quantitative estimate of drug-likeness (QED) is 0.368. The van der Waals surface area contributed by atoms with Crippen LogP contribution in [0.15, 0.2) is 24.3 Å². The zero-order valence-electron chi connectivity index (χ0n) is 23.9. The van der Waals surface area contributed by atoms with E-state index in [-0.39, 0.29) is 47.7 Å². The monoisotopic (exact) mass is 516 g/mol. The van der Waals surface area contributed by atoms with E-state index in [1.54, 1.807) is 24.3 Å². The molecular formula is C29H44N2O6. The van der Waals surface area contributed by atoms with Gasteiger partial charge in [0, 0.05) is 11.1 Å². The predicted octanol–water partition coefficient (Wildman–Crippen LogP) is 6.80. The molecular weight excluding hydrogens is 472 g/mol. The van der Waals surface area contributed by atoms with Crippen molar-refractivity contribution >= 4 is 34.6 Å². The Kier molecular flexibility index (Phi) is 9.94. The molecule has 8 nitrogen and oxygen atoms in total. The van der Waals surface area contributed by atoms with Crippen molar-refractivity contribution in [1.82, 2.24) is 4.57 Å². The second-order valence-corrected chi connectivity index (χ2v) is 12.8. The fraction of sp³-hybridized carbons (Fsp3) is 0.621. The third-order valence-corrected chi connectivity index (χ3v) is 5.51. The molecule has 0 aliphatic heterocycles. The SMILES string of the molecule is CC(C)(C)CCOC(=O)c1cc2ccc(NC(=O)CCOC(C)(C)C)cc2n1C(=O)OCCC(C)(C)C. The van der Waals surface area contributed by atoms with Gasteiger partial charge in [-0.05, 0) is 62.6 Å². The Bertz CT molecular complexity index is 1100. The van der Waals surface area contributed by atoms with Crippen molar-refractivity contribution in [3.05, 3.63) is 30.0 Å². The number of carbonyl (C=O) groups is 3. The zero-order valence-corrected chi connectivity index (χ0v) is 23.9. The van der Waals surface area contributed by atoms with Crippen LogP contribution < -0.4 is 5.32 Å². The van der Waals surface area contributed by atoms with Crippen LogP contribution in [-0.2, 0) is 19.0 Å². The molecule has 0 aliphatic rings. The summed E-state index contributed by atoms with van der Waals surface area (Å²) in [6, 6.07) is 6.76. The molecule has 0 bridgehead atoms. The number of anilines is 1. The largest absolute Gasteiger partial charge is 0.461 e. The number of amides is 1. The fourth-order valence-electron chi connectivity index (χ4n) is 3.33. The first-order valence-corrected chi connectivity index (χ1v) is 12.9. The second-order valence-electron chi connectivity index (χ2n) is 12.8. The van der Waals surface area contributed by atoms with Gasteiger partial charge in [-0.25, -0.2) is 14.2 Å². The Morgan fingerprint density at radius 1 is 0.811 bits per heavy atom. The molecule has 0 spiro atoms. The van der Waals surface area contributed by atoms with Gasteiger partial charge in [0.25, 0.3) is 0 Å². The molecule has 2 aromatic rings. The molecule has 1 N–H and O–H groups in total. The van der Waals surface area contributed by atoms with Crippen molar-refractivity contribution in [2.75, 3.05) is 25.1 Å². The first-order chi connectivity index (χ1) is 17.0. The predicted molar refractivity (Wildman–Crippen MR) is 146 cm³/mol. The van der Waals surface area contributed by atoms with Gasteiger partial charge in [-0.1, -0.05) is 47.6 Å². The smallest absolute Gasteiger partial charge is 0.419 e. The number of esters is 1. The lowest BCUT2D eigenvalue weighted by molar-refractivity contribution is -0.118. The van der Waals surface area contributed by atoms with Crippen molar-refractivity contribution < 1.29 is 28.6 Å². The topological polar surface area (TPSA) is 95.9 Å². The lowest BCUT2D eigenvalue weighted by Gasteiger charge is -2.19. The summed E-state index contributed by atoms with van der Waals surface area (Å²) < 4.78 is 17.9. The van der Waals surface area contributed by atoms with Crippen LogP contribution in [0.4, 0.5) is 10.5 Å². The van der Waals surface area contributed by atoms with E-state index in [9.17, 15) is 14.4 Å². The van der Waals surface area contributed by atoms with Gasteiger partial charge in [0.05, 0.1) is 37.4 Å². The highest BCUT2D eigenvalue weighted by Gasteiger charge is 2.24. The van der Waals surface area contributed by atoms with Crippen molar-refractivity contribution in [1.29, 1.82) is 0 Å². The van der Waals surface area contributed by atoms with E-state index >= 15 is 0 Å². The number of rotatable bonds is 9. The van der Waals surface area contributed by atoms with E-state index in [4.69, 9.17) is 14.2 Å². The van der Waals surface area contributed by atoms with Crippen LogP contribution in [0.2, 0.25) is 0 Å². The van der Waals surface area contributed by atoms with Gasteiger partial charge >= 0.3 is 12.1 Å². The highest BCUT2D eigenvalue weighted by atomic mass is 16.6. The summed E-state index contributed by atoms with van der Waals surface area (Å²) in [7, 11) is 0. The maximum absolute atomic E-state index is 13.2. The summed E-state index contributed by atoms with van der Waals surface area (Å²) in [5, 5.41) is 3.50. The Hall–Kier alpha value is -2.87. The van der Waals surface area contributed by atoms with Crippen LogP contribution in [0, 0.1) is 10.8 Å². The number of benzene rings is 1. The normalized spacial score (nSPS) is 12.5. The molecule has 0 atom stereocenters. The summed E-state index contributed by atoms with van der Waals surface area (Å²) in [6.07, 6.45) is 0.881. The number of nitrogens with zero attached hydrogens (tertiary/aromatic N) is 1.